The Labute approximate surface area is 81.0 Å². The first-order valence-corrected chi connectivity index (χ1v) is 4.21. The Balaban J connectivity index is 2.55. The molecule has 4 heteroatoms. The highest BCUT2D eigenvalue weighted by atomic mass is 19.1. The van der Waals surface area contributed by atoms with Crippen molar-refractivity contribution in [1.29, 1.82) is 0 Å². The molecule has 0 saturated heterocycles. The lowest BCUT2D eigenvalue weighted by molar-refractivity contribution is 0.628. The quantitative estimate of drug-likeness (QED) is 0.747. The van der Waals surface area contributed by atoms with E-state index in [0.717, 1.165) is 0 Å². The smallest absolute Gasteiger partial charge is 0.131 e. The summed E-state index contributed by atoms with van der Waals surface area (Å²) in [7, 11) is 1.80. The molecule has 2 rings (SSSR count). The van der Waals surface area contributed by atoms with Crippen molar-refractivity contribution in [1.82, 2.24) is 9.55 Å². The van der Waals surface area contributed by atoms with Gasteiger partial charge in [-0.3, -0.25) is 0 Å². The van der Waals surface area contributed by atoms with Gasteiger partial charge in [0.25, 0.3) is 0 Å². The van der Waals surface area contributed by atoms with Gasteiger partial charge in [0.2, 0.25) is 0 Å². The molecule has 0 saturated carbocycles. The van der Waals surface area contributed by atoms with Gasteiger partial charge in [-0.1, -0.05) is 12.1 Å². The first-order valence-electron chi connectivity index (χ1n) is 4.21. The predicted molar refractivity (Wildman–Crippen MR) is 53.0 cm³/mol. The number of aryl methyl sites for hydroxylation is 1. The number of anilines is 1. The van der Waals surface area contributed by atoms with Crippen molar-refractivity contribution in [3.63, 3.8) is 0 Å². The van der Waals surface area contributed by atoms with Crippen LogP contribution in [-0.2, 0) is 7.05 Å². The summed E-state index contributed by atoms with van der Waals surface area (Å²) in [6.45, 7) is 0. The van der Waals surface area contributed by atoms with Crippen molar-refractivity contribution in [2.75, 3.05) is 5.73 Å². The molecule has 0 amide bonds. The van der Waals surface area contributed by atoms with Crippen molar-refractivity contribution in [2.24, 2.45) is 7.05 Å². The fourth-order valence-electron chi connectivity index (χ4n) is 1.30. The van der Waals surface area contributed by atoms with Gasteiger partial charge in [0.05, 0.1) is 6.33 Å². The molecule has 0 fully saturated rings. The number of nitrogen functional groups attached to an aromatic ring is 1. The lowest BCUT2D eigenvalue weighted by Crippen LogP contribution is -1.95. The van der Waals surface area contributed by atoms with Crippen LogP contribution in [0.5, 0.6) is 0 Å². The molecule has 0 aliphatic heterocycles. The Bertz CT molecular complexity index is 462. The first kappa shape index (κ1) is 8.74. The SMILES string of the molecule is Cn1cnc(-c2cccc(F)c2)c1N. The van der Waals surface area contributed by atoms with E-state index in [-0.39, 0.29) is 5.82 Å². The second-order valence-electron chi connectivity index (χ2n) is 3.10. The number of hydrogen-bond donors (Lipinski definition) is 1. The molecule has 1 heterocycles. The summed E-state index contributed by atoms with van der Waals surface area (Å²) >= 11 is 0. The maximum atomic E-state index is 12.9. The molecule has 0 spiro atoms. The monoisotopic (exact) mass is 191 g/mol. The van der Waals surface area contributed by atoms with Crippen molar-refractivity contribution in [3.8, 4) is 11.3 Å². The standard InChI is InChI=1S/C10H10FN3/c1-14-6-13-9(10(14)12)7-3-2-4-8(11)5-7/h2-6H,12H2,1H3. The molecular formula is C10H10FN3. The second-order valence-corrected chi connectivity index (χ2v) is 3.10. The maximum absolute atomic E-state index is 12.9. The molecular weight excluding hydrogens is 181 g/mol. The summed E-state index contributed by atoms with van der Waals surface area (Å²) < 4.78 is 14.6. The topological polar surface area (TPSA) is 43.8 Å². The van der Waals surface area contributed by atoms with Gasteiger partial charge in [0.1, 0.15) is 17.3 Å². The Hall–Kier alpha value is -1.84. The summed E-state index contributed by atoms with van der Waals surface area (Å²) in [5.41, 5.74) is 7.08. The number of imidazole rings is 1. The molecule has 0 atom stereocenters. The third-order valence-corrected chi connectivity index (χ3v) is 2.08. The van der Waals surface area contributed by atoms with Crippen LogP contribution in [0.3, 0.4) is 0 Å². The largest absolute Gasteiger partial charge is 0.383 e. The summed E-state index contributed by atoms with van der Waals surface area (Å²) in [5, 5.41) is 0. The fraction of sp³-hybridized carbons (Fsp3) is 0.100. The molecule has 0 aliphatic rings. The van der Waals surface area contributed by atoms with Crippen molar-refractivity contribution in [3.05, 3.63) is 36.4 Å². The van der Waals surface area contributed by atoms with Crippen LogP contribution < -0.4 is 5.73 Å². The van der Waals surface area contributed by atoms with Gasteiger partial charge in [0.15, 0.2) is 0 Å². The number of nitrogens with two attached hydrogens (primary N) is 1. The minimum atomic E-state index is -0.285. The number of hydrogen-bond acceptors (Lipinski definition) is 2. The van der Waals surface area contributed by atoms with E-state index in [1.807, 2.05) is 0 Å². The van der Waals surface area contributed by atoms with Crippen LogP contribution in [0.25, 0.3) is 11.3 Å². The molecule has 0 bridgehead atoms. The van der Waals surface area contributed by atoms with Gasteiger partial charge >= 0.3 is 0 Å². The van der Waals surface area contributed by atoms with Gasteiger partial charge in [-0.05, 0) is 12.1 Å². The van der Waals surface area contributed by atoms with E-state index in [1.165, 1.54) is 12.1 Å². The Morgan fingerprint density at radius 2 is 2.21 bits per heavy atom. The first-order chi connectivity index (χ1) is 6.68. The van der Waals surface area contributed by atoms with Crippen LogP contribution in [0.15, 0.2) is 30.6 Å². The Morgan fingerprint density at radius 3 is 2.79 bits per heavy atom. The zero-order valence-electron chi connectivity index (χ0n) is 7.74. The molecule has 3 nitrogen and oxygen atoms in total. The summed E-state index contributed by atoms with van der Waals surface area (Å²) in [4.78, 5) is 4.10. The molecule has 0 aliphatic carbocycles. The highest BCUT2D eigenvalue weighted by molar-refractivity contribution is 5.70. The van der Waals surface area contributed by atoms with Gasteiger partial charge < -0.3 is 10.3 Å². The van der Waals surface area contributed by atoms with Crippen LogP contribution in [0, 0.1) is 5.82 Å². The molecule has 72 valence electrons. The minimum absolute atomic E-state index is 0.285. The van der Waals surface area contributed by atoms with E-state index in [4.69, 9.17) is 5.73 Å². The molecule has 1 aromatic heterocycles. The second kappa shape index (κ2) is 3.14. The molecule has 14 heavy (non-hydrogen) atoms. The normalized spacial score (nSPS) is 10.4. The van der Waals surface area contributed by atoms with Crippen molar-refractivity contribution < 1.29 is 4.39 Å². The van der Waals surface area contributed by atoms with Crippen molar-refractivity contribution in [2.45, 2.75) is 0 Å². The highest BCUT2D eigenvalue weighted by Crippen LogP contribution is 2.23. The van der Waals surface area contributed by atoms with E-state index in [1.54, 1.807) is 30.1 Å². The van der Waals surface area contributed by atoms with E-state index in [9.17, 15) is 4.39 Å². The zero-order chi connectivity index (χ0) is 10.1. The van der Waals surface area contributed by atoms with Crippen LogP contribution in [-0.4, -0.2) is 9.55 Å². The van der Waals surface area contributed by atoms with Gasteiger partial charge in [-0.25, -0.2) is 9.37 Å². The van der Waals surface area contributed by atoms with Crippen LogP contribution >= 0.6 is 0 Å². The van der Waals surface area contributed by atoms with Gasteiger partial charge in [-0.15, -0.1) is 0 Å². The Kier molecular flexibility index (Phi) is 1.96. The number of halogens is 1. The maximum Gasteiger partial charge on any atom is 0.131 e. The van der Waals surface area contributed by atoms with E-state index in [0.29, 0.717) is 17.1 Å². The average molecular weight is 191 g/mol. The fourth-order valence-corrected chi connectivity index (χ4v) is 1.30. The van der Waals surface area contributed by atoms with Crippen LogP contribution in [0.4, 0.5) is 10.2 Å². The lowest BCUT2D eigenvalue weighted by Gasteiger charge is -1.99. The number of rotatable bonds is 1. The zero-order valence-corrected chi connectivity index (χ0v) is 7.74. The average Bonchev–Trinajstić information content (AvgIpc) is 2.48. The van der Waals surface area contributed by atoms with E-state index >= 15 is 0 Å². The third-order valence-electron chi connectivity index (χ3n) is 2.08. The lowest BCUT2D eigenvalue weighted by atomic mass is 10.1. The van der Waals surface area contributed by atoms with Gasteiger partial charge in [-0.2, -0.15) is 0 Å². The number of aromatic nitrogens is 2. The minimum Gasteiger partial charge on any atom is -0.383 e. The third kappa shape index (κ3) is 1.35. The number of nitrogens with zero attached hydrogens (tertiary/aromatic N) is 2. The predicted octanol–water partition coefficient (Wildman–Crippen LogP) is 1.81. The Morgan fingerprint density at radius 1 is 1.43 bits per heavy atom. The van der Waals surface area contributed by atoms with Gasteiger partial charge in [0, 0.05) is 12.6 Å². The van der Waals surface area contributed by atoms with Crippen LogP contribution in [0.2, 0.25) is 0 Å². The summed E-state index contributed by atoms with van der Waals surface area (Å²) in [5.74, 6) is 0.253. The van der Waals surface area contributed by atoms with E-state index in [2.05, 4.69) is 4.98 Å². The molecule has 0 radical (unpaired) electrons. The molecule has 2 aromatic rings. The molecule has 0 unspecified atom stereocenters. The highest BCUT2D eigenvalue weighted by Gasteiger charge is 2.07. The molecule has 2 N–H and O–H groups in total. The van der Waals surface area contributed by atoms with E-state index < -0.39 is 0 Å². The summed E-state index contributed by atoms with van der Waals surface area (Å²) in [6.07, 6.45) is 1.61. The summed E-state index contributed by atoms with van der Waals surface area (Å²) in [6, 6.07) is 6.22. The van der Waals surface area contributed by atoms with Crippen molar-refractivity contribution >= 4 is 5.82 Å². The molecule has 1 aromatic carbocycles. The number of benzene rings is 1. The van der Waals surface area contributed by atoms with Crippen LogP contribution in [0.1, 0.15) is 0 Å².